The van der Waals surface area contributed by atoms with Gasteiger partial charge in [0.25, 0.3) is 0 Å². The number of alkyl halides is 1. The molecule has 0 spiro atoms. The van der Waals surface area contributed by atoms with Gasteiger partial charge < -0.3 is 0 Å². The highest BCUT2D eigenvalue weighted by atomic mass is 127. The zero-order chi connectivity index (χ0) is 11.5. The fourth-order valence-corrected chi connectivity index (χ4v) is 1.93. The summed E-state index contributed by atoms with van der Waals surface area (Å²) >= 11 is 1.98. The number of hydrogen-bond donors (Lipinski definition) is 0. The van der Waals surface area contributed by atoms with Gasteiger partial charge in [-0.25, -0.2) is 4.39 Å². The Morgan fingerprint density at radius 1 is 1.07 bits per heavy atom. The SMILES string of the molecule is C=C(I)C(F)CCCCCCCCCC. The largest absolute Gasteiger partial charge is 0.242 e. The number of hydrogen-bond acceptors (Lipinski definition) is 0. The van der Waals surface area contributed by atoms with Crippen molar-refractivity contribution in [2.45, 2.75) is 70.9 Å². The Labute approximate surface area is 108 Å². The molecular weight excluding hydrogens is 302 g/mol. The van der Waals surface area contributed by atoms with Crippen LogP contribution in [0.5, 0.6) is 0 Å². The first-order valence-corrected chi connectivity index (χ1v) is 7.24. The second-order valence-electron chi connectivity index (χ2n) is 4.18. The summed E-state index contributed by atoms with van der Waals surface area (Å²) in [6, 6.07) is 0. The Morgan fingerprint density at radius 2 is 1.53 bits per heavy atom. The smallest absolute Gasteiger partial charge is 0.130 e. The molecular formula is C13H24FI. The third-order valence-electron chi connectivity index (χ3n) is 2.65. The summed E-state index contributed by atoms with van der Waals surface area (Å²) in [5, 5.41) is 0. The van der Waals surface area contributed by atoms with Crippen LogP contribution in [-0.2, 0) is 0 Å². The first-order chi connectivity index (χ1) is 7.18. The van der Waals surface area contributed by atoms with Crippen molar-refractivity contribution >= 4 is 22.6 Å². The van der Waals surface area contributed by atoms with Crippen LogP contribution in [0.15, 0.2) is 10.2 Å². The van der Waals surface area contributed by atoms with E-state index >= 15 is 0 Å². The summed E-state index contributed by atoms with van der Waals surface area (Å²) in [6.45, 7) is 5.85. The lowest BCUT2D eigenvalue weighted by Gasteiger charge is -2.05. The van der Waals surface area contributed by atoms with Gasteiger partial charge in [-0.3, -0.25) is 0 Å². The van der Waals surface area contributed by atoms with Gasteiger partial charge in [0.05, 0.1) is 0 Å². The molecule has 0 aromatic heterocycles. The molecule has 15 heavy (non-hydrogen) atoms. The van der Waals surface area contributed by atoms with Crippen molar-refractivity contribution in [3.8, 4) is 0 Å². The second kappa shape index (κ2) is 10.9. The van der Waals surface area contributed by atoms with Gasteiger partial charge in [-0.15, -0.1) is 0 Å². The summed E-state index contributed by atoms with van der Waals surface area (Å²) in [6.07, 6.45) is 10.0. The number of rotatable bonds is 10. The normalized spacial score (nSPS) is 12.7. The van der Waals surface area contributed by atoms with Gasteiger partial charge in [0.1, 0.15) is 6.17 Å². The lowest BCUT2D eigenvalue weighted by Crippen LogP contribution is -1.98. The van der Waals surface area contributed by atoms with Gasteiger partial charge >= 0.3 is 0 Å². The molecule has 0 amide bonds. The molecule has 0 saturated heterocycles. The molecule has 0 aromatic carbocycles. The highest BCUT2D eigenvalue weighted by Crippen LogP contribution is 2.19. The van der Waals surface area contributed by atoms with Crippen LogP contribution >= 0.6 is 22.6 Å². The molecule has 0 aliphatic carbocycles. The van der Waals surface area contributed by atoms with Crippen molar-refractivity contribution in [1.29, 1.82) is 0 Å². The minimum atomic E-state index is -0.786. The van der Waals surface area contributed by atoms with Gasteiger partial charge in [-0.05, 0) is 29.0 Å². The molecule has 0 saturated carbocycles. The van der Waals surface area contributed by atoms with Gasteiger partial charge in [-0.1, -0.05) is 64.9 Å². The van der Waals surface area contributed by atoms with Gasteiger partial charge in [0.15, 0.2) is 0 Å². The molecule has 0 bridgehead atoms. The quantitative estimate of drug-likeness (QED) is 0.351. The Balaban J connectivity index is 3.08. The summed E-state index contributed by atoms with van der Waals surface area (Å²) in [5.41, 5.74) is 0. The van der Waals surface area contributed by atoms with Crippen LogP contribution in [-0.4, -0.2) is 6.17 Å². The monoisotopic (exact) mass is 326 g/mol. The lowest BCUT2D eigenvalue weighted by molar-refractivity contribution is 0.362. The van der Waals surface area contributed by atoms with Crippen molar-refractivity contribution in [3.63, 3.8) is 0 Å². The first kappa shape index (κ1) is 15.4. The van der Waals surface area contributed by atoms with Crippen molar-refractivity contribution < 1.29 is 4.39 Å². The first-order valence-electron chi connectivity index (χ1n) is 6.16. The maximum Gasteiger partial charge on any atom is 0.130 e. The highest BCUT2D eigenvalue weighted by molar-refractivity contribution is 14.1. The molecule has 0 N–H and O–H groups in total. The van der Waals surface area contributed by atoms with E-state index in [1.807, 2.05) is 22.6 Å². The topological polar surface area (TPSA) is 0 Å². The molecule has 90 valence electrons. The lowest BCUT2D eigenvalue weighted by atomic mass is 10.1. The Morgan fingerprint density at radius 3 is 2.00 bits per heavy atom. The standard InChI is InChI=1S/C13H24FI/c1-3-4-5-6-7-8-9-10-11-13(14)12(2)15/h13H,2-11H2,1H3. The maximum absolute atomic E-state index is 13.1. The van der Waals surface area contributed by atoms with Crippen molar-refractivity contribution in [3.05, 3.63) is 10.2 Å². The molecule has 0 aliphatic heterocycles. The van der Waals surface area contributed by atoms with E-state index in [1.165, 1.54) is 44.9 Å². The maximum atomic E-state index is 13.1. The Bertz CT molecular complexity index is 157. The Kier molecular flexibility index (Phi) is 11.2. The van der Waals surface area contributed by atoms with Crippen molar-refractivity contribution in [1.82, 2.24) is 0 Å². The molecule has 0 fully saturated rings. The van der Waals surface area contributed by atoms with E-state index in [-0.39, 0.29) is 0 Å². The molecule has 0 nitrogen and oxygen atoms in total. The fraction of sp³-hybridized carbons (Fsp3) is 0.846. The predicted molar refractivity (Wildman–Crippen MR) is 75.3 cm³/mol. The van der Waals surface area contributed by atoms with Crippen molar-refractivity contribution in [2.24, 2.45) is 0 Å². The minimum absolute atomic E-state index is 0.649. The number of allylic oxidation sites excluding steroid dienone is 1. The van der Waals surface area contributed by atoms with E-state index in [2.05, 4.69) is 13.5 Å². The Hall–Kier alpha value is 0.400. The third kappa shape index (κ3) is 10.7. The van der Waals surface area contributed by atoms with Gasteiger partial charge in [0, 0.05) is 3.58 Å². The van der Waals surface area contributed by atoms with E-state index in [1.54, 1.807) is 0 Å². The summed E-state index contributed by atoms with van der Waals surface area (Å²) < 4.78 is 13.7. The van der Waals surface area contributed by atoms with Crippen molar-refractivity contribution in [2.75, 3.05) is 0 Å². The van der Waals surface area contributed by atoms with Gasteiger partial charge in [0.2, 0.25) is 0 Å². The second-order valence-corrected chi connectivity index (χ2v) is 5.56. The van der Waals surface area contributed by atoms with Crippen LogP contribution in [0.1, 0.15) is 64.7 Å². The minimum Gasteiger partial charge on any atom is -0.242 e. The van der Waals surface area contributed by atoms with Crippen LogP contribution in [0.25, 0.3) is 0 Å². The van der Waals surface area contributed by atoms with E-state index in [0.29, 0.717) is 10.0 Å². The van der Waals surface area contributed by atoms with Crippen LogP contribution in [0.3, 0.4) is 0 Å². The molecule has 0 heterocycles. The zero-order valence-electron chi connectivity index (χ0n) is 9.90. The van der Waals surface area contributed by atoms with Gasteiger partial charge in [-0.2, -0.15) is 0 Å². The number of halogens is 2. The van der Waals surface area contributed by atoms with Crippen LogP contribution in [0.4, 0.5) is 4.39 Å². The van der Waals surface area contributed by atoms with E-state index in [4.69, 9.17) is 0 Å². The summed E-state index contributed by atoms with van der Waals surface area (Å²) in [7, 11) is 0. The molecule has 1 atom stereocenters. The van der Waals surface area contributed by atoms with Crippen LogP contribution < -0.4 is 0 Å². The molecule has 1 unspecified atom stereocenters. The van der Waals surface area contributed by atoms with Crippen LogP contribution in [0, 0.1) is 0 Å². The number of unbranched alkanes of at least 4 members (excludes halogenated alkanes) is 7. The molecule has 0 radical (unpaired) electrons. The molecule has 0 aromatic rings. The third-order valence-corrected chi connectivity index (χ3v) is 3.33. The molecule has 0 aliphatic rings. The van der Waals surface area contributed by atoms with E-state index in [9.17, 15) is 4.39 Å². The average molecular weight is 326 g/mol. The highest BCUT2D eigenvalue weighted by Gasteiger charge is 2.06. The van der Waals surface area contributed by atoms with E-state index < -0.39 is 6.17 Å². The molecule has 0 rings (SSSR count). The molecule has 2 heteroatoms. The summed E-state index contributed by atoms with van der Waals surface area (Å²) in [5.74, 6) is 0. The van der Waals surface area contributed by atoms with Crippen LogP contribution in [0.2, 0.25) is 0 Å². The van der Waals surface area contributed by atoms with E-state index in [0.717, 1.165) is 6.42 Å². The zero-order valence-corrected chi connectivity index (χ0v) is 12.1. The fourth-order valence-electron chi connectivity index (χ4n) is 1.61. The summed E-state index contributed by atoms with van der Waals surface area (Å²) in [4.78, 5) is 0. The predicted octanol–water partition coefficient (Wildman–Crippen LogP) is 5.80. The average Bonchev–Trinajstić information content (AvgIpc) is 2.21.